The van der Waals surface area contributed by atoms with Gasteiger partial charge in [-0.3, -0.25) is 4.79 Å². The molecule has 1 atom stereocenters. The van der Waals surface area contributed by atoms with Crippen molar-refractivity contribution in [2.75, 3.05) is 32.7 Å². The van der Waals surface area contributed by atoms with Gasteiger partial charge >= 0.3 is 0 Å². The Hall–Kier alpha value is -2.33. The first-order chi connectivity index (χ1) is 14.7. The SMILES string of the molecule is CC1CCN(CC2CCCN(C(=O)c3ccccc3COc3ccccc3)C2)CC1. The molecule has 2 aliphatic heterocycles. The van der Waals surface area contributed by atoms with Gasteiger partial charge in [-0.25, -0.2) is 0 Å². The summed E-state index contributed by atoms with van der Waals surface area (Å²) < 4.78 is 5.92. The zero-order chi connectivity index (χ0) is 20.8. The van der Waals surface area contributed by atoms with Crippen LogP contribution in [-0.4, -0.2) is 48.4 Å². The van der Waals surface area contributed by atoms with Crippen LogP contribution in [0.5, 0.6) is 5.75 Å². The van der Waals surface area contributed by atoms with Crippen molar-refractivity contribution in [3.05, 3.63) is 65.7 Å². The number of carbonyl (C=O) groups is 1. The summed E-state index contributed by atoms with van der Waals surface area (Å²) in [6.45, 7) is 8.07. The molecule has 1 unspecified atom stereocenters. The fourth-order valence-corrected chi connectivity index (χ4v) is 4.71. The number of benzene rings is 2. The van der Waals surface area contributed by atoms with Crippen molar-refractivity contribution in [1.82, 2.24) is 9.80 Å². The molecule has 0 spiro atoms. The van der Waals surface area contributed by atoms with Gasteiger partial charge in [-0.1, -0.05) is 43.3 Å². The second-order valence-corrected chi connectivity index (χ2v) is 9.00. The number of amides is 1. The average molecular weight is 407 g/mol. The molecule has 1 amide bonds. The molecule has 2 aromatic rings. The van der Waals surface area contributed by atoms with Crippen LogP contribution in [-0.2, 0) is 6.61 Å². The minimum atomic E-state index is 0.152. The van der Waals surface area contributed by atoms with E-state index in [9.17, 15) is 4.79 Å². The summed E-state index contributed by atoms with van der Waals surface area (Å²) in [6, 6.07) is 17.7. The molecule has 2 saturated heterocycles. The number of nitrogens with zero attached hydrogens (tertiary/aromatic N) is 2. The summed E-state index contributed by atoms with van der Waals surface area (Å²) in [5, 5.41) is 0. The van der Waals surface area contributed by atoms with Gasteiger partial charge < -0.3 is 14.5 Å². The lowest BCUT2D eigenvalue weighted by Gasteiger charge is -2.38. The number of likely N-dealkylation sites (tertiary alicyclic amines) is 2. The van der Waals surface area contributed by atoms with Crippen molar-refractivity contribution >= 4 is 5.91 Å². The van der Waals surface area contributed by atoms with Crippen LogP contribution < -0.4 is 4.74 Å². The first-order valence-electron chi connectivity index (χ1n) is 11.5. The Labute approximate surface area is 180 Å². The number of para-hydroxylation sites is 1. The van der Waals surface area contributed by atoms with E-state index < -0.39 is 0 Å². The van der Waals surface area contributed by atoms with E-state index in [1.807, 2.05) is 54.6 Å². The molecule has 4 nitrogen and oxygen atoms in total. The van der Waals surface area contributed by atoms with Crippen LogP contribution in [0.4, 0.5) is 0 Å². The minimum Gasteiger partial charge on any atom is -0.489 e. The molecule has 0 bridgehead atoms. The molecule has 160 valence electrons. The van der Waals surface area contributed by atoms with Gasteiger partial charge in [0, 0.05) is 30.8 Å². The molecule has 2 fully saturated rings. The highest BCUT2D eigenvalue weighted by molar-refractivity contribution is 5.95. The van der Waals surface area contributed by atoms with E-state index in [0.717, 1.165) is 48.8 Å². The molecule has 2 heterocycles. The lowest BCUT2D eigenvalue weighted by molar-refractivity contribution is 0.0619. The van der Waals surface area contributed by atoms with Gasteiger partial charge in [0.2, 0.25) is 0 Å². The number of hydrogen-bond acceptors (Lipinski definition) is 3. The monoisotopic (exact) mass is 406 g/mol. The number of carbonyl (C=O) groups excluding carboxylic acids is 1. The van der Waals surface area contributed by atoms with E-state index in [4.69, 9.17) is 4.74 Å². The smallest absolute Gasteiger partial charge is 0.254 e. The summed E-state index contributed by atoms with van der Waals surface area (Å²) in [5.74, 6) is 2.43. The maximum absolute atomic E-state index is 13.4. The highest BCUT2D eigenvalue weighted by atomic mass is 16.5. The number of rotatable bonds is 6. The number of ether oxygens (including phenoxy) is 1. The van der Waals surface area contributed by atoms with E-state index in [1.165, 1.54) is 32.4 Å². The molecule has 4 heteroatoms. The Morgan fingerprint density at radius 3 is 2.50 bits per heavy atom. The first kappa shape index (κ1) is 20.9. The summed E-state index contributed by atoms with van der Waals surface area (Å²) in [4.78, 5) is 18.1. The van der Waals surface area contributed by atoms with E-state index in [2.05, 4.69) is 16.7 Å². The molecule has 30 heavy (non-hydrogen) atoms. The fourth-order valence-electron chi connectivity index (χ4n) is 4.71. The van der Waals surface area contributed by atoms with Gasteiger partial charge in [0.1, 0.15) is 12.4 Å². The van der Waals surface area contributed by atoms with Gasteiger partial charge in [-0.15, -0.1) is 0 Å². The van der Waals surface area contributed by atoms with Gasteiger partial charge in [0.15, 0.2) is 0 Å². The molecule has 2 aromatic carbocycles. The lowest BCUT2D eigenvalue weighted by atomic mass is 9.93. The summed E-state index contributed by atoms with van der Waals surface area (Å²) in [5.41, 5.74) is 1.74. The Morgan fingerprint density at radius 2 is 1.70 bits per heavy atom. The Balaban J connectivity index is 1.37. The van der Waals surface area contributed by atoms with Crippen LogP contribution in [0, 0.1) is 11.8 Å². The molecule has 2 aliphatic rings. The molecule has 4 rings (SSSR count). The van der Waals surface area contributed by atoms with Crippen molar-refractivity contribution in [1.29, 1.82) is 0 Å². The molecular weight excluding hydrogens is 372 g/mol. The van der Waals surface area contributed by atoms with Crippen LogP contribution in [0.2, 0.25) is 0 Å². The van der Waals surface area contributed by atoms with Gasteiger partial charge in [0.05, 0.1) is 0 Å². The normalized spacial score (nSPS) is 20.8. The zero-order valence-electron chi connectivity index (χ0n) is 18.1. The van der Waals surface area contributed by atoms with Crippen molar-refractivity contribution in [3.8, 4) is 5.75 Å². The molecule has 0 aromatic heterocycles. The second kappa shape index (κ2) is 10.1. The van der Waals surface area contributed by atoms with Crippen LogP contribution >= 0.6 is 0 Å². The third-order valence-electron chi connectivity index (χ3n) is 6.58. The van der Waals surface area contributed by atoms with Crippen LogP contribution in [0.15, 0.2) is 54.6 Å². The quantitative estimate of drug-likeness (QED) is 0.687. The van der Waals surface area contributed by atoms with Crippen molar-refractivity contribution in [2.24, 2.45) is 11.8 Å². The standard InChI is InChI=1S/C26H34N2O2/c1-21-13-16-27(17-14-21)18-22-8-7-15-28(19-22)26(29)25-12-6-5-9-23(25)20-30-24-10-3-2-4-11-24/h2-6,9-12,21-22H,7-8,13-20H2,1H3. The lowest BCUT2D eigenvalue weighted by Crippen LogP contribution is -2.45. The van der Waals surface area contributed by atoms with Crippen molar-refractivity contribution in [2.45, 2.75) is 39.2 Å². The summed E-state index contributed by atoms with van der Waals surface area (Å²) in [7, 11) is 0. The Kier molecular flexibility index (Phi) is 7.06. The fraction of sp³-hybridized carbons (Fsp3) is 0.500. The van der Waals surface area contributed by atoms with Gasteiger partial charge in [-0.05, 0) is 68.8 Å². The third kappa shape index (κ3) is 5.42. The van der Waals surface area contributed by atoms with E-state index in [-0.39, 0.29) is 5.91 Å². The largest absolute Gasteiger partial charge is 0.489 e. The zero-order valence-corrected chi connectivity index (χ0v) is 18.1. The van der Waals surface area contributed by atoms with Gasteiger partial charge in [-0.2, -0.15) is 0 Å². The highest BCUT2D eigenvalue weighted by Gasteiger charge is 2.28. The molecule has 0 radical (unpaired) electrons. The Morgan fingerprint density at radius 1 is 0.967 bits per heavy atom. The van der Waals surface area contributed by atoms with Crippen molar-refractivity contribution < 1.29 is 9.53 Å². The van der Waals surface area contributed by atoms with E-state index >= 15 is 0 Å². The van der Waals surface area contributed by atoms with Crippen molar-refractivity contribution in [3.63, 3.8) is 0 Å². The molecule has 0 N–H and O–H groups in total. The third-order valence-corrected chi connectivity index (χ3v) is 6.58. The number of hydrogen-bond donors (Lipinski definition) is 0. The summed E-state index contributed by atoms with van der Waals surface area (Å²) in [6.07, 6.45) is 4.95. The predicted molar refractivity (Wildman–Crippen MR) is 121 cm³/mol. The topological polar surface area (TPSA) is 32.8 Å². The maximum Gasteiger partial charge on any atom is 0.254 e. The number of piperidine rings is 2. The molecule has 0 aliphatic carbocycles. The van der Waals surface area contributed by atoms with E-state index in [1.54, 1.807) is 0 Å². The molecular formula is C26H34N2O2. The van der Waals surface area contributed by atoms with Crippen LogP contribution in [0.3, 0.4) is 0 Å². The van der Waals surface area contributed by atoms with E-state index in [0.29, 0.717) is 12.5 Å². The summed E-state index contributed by atoms with van der Waals surface area (Å²) >= 11 is 0. The van der Waals surface area contributed by atoms with Gasteiger partial charge in [0.25, 0.3) is 5.91 Å². The first-order valence-corrected chi connectivity index (χ1v) is 11.5. The highest BCUT2D eigenvalue weighted by Crippen LogP contribution is 2.24. The Bertz CT molecular complexity index is 815. The average Bonchev–Trinajstić information content (AvgIpc) is 2.80. The maximum atomic E-state index is 13.4. The molecule has 0 saturated carbocycles. The van der Waals surface area contributed by atoms with Crippen LogP contribution in [0.1, 0.15) is 48.5 Å². The van der Waals surface area contributed by atoms with Crippen LogP contribution in [0.25, 0.3) is 0 Å². The predicted octanol–water partition coefficient (Wildman–Crippen LogP) is 4.85. The minimum absolute atomic E-state index is 0.152. The second-order valence-electron chi connectivity index (χ2n) is 9.00.